The van der Waals surface area contributed by atoms with Crippen molar-refractivity contribution in [2.24, 2.45) is 17.3 Å². The molecule has 0 radical (unpaired) electrons. The molecule has 0 heterocycles. The van der Waals surface area contributed by atoms with Crippen LogP contribution in [0.5, 0.6) is 0 Å². The van der Waals surface area contributed by atoms with E-state index in [1.165, 1.54) is 12.1 Å². The second kappa shape index (κ2) is 6.20. The number of nitrogens with one attached hydrogen (secondary N) is 1. The Kier molecular flexibility index (Phi) is 4.23. The second-order valence-electron chi connectivity index (χ2n) is 8.21. The Bertz CT molecular complexity index is 754. The number of ether oxygens (including phenoxy) is 1. The van der Waals surface area contributed by atoms with Gasteiger partial charge in [0.15, 0.2) is 6.61 Å². The fourth-order valence-corrected chi connectivity index (χ4v) is 5.73. The van der Waals surface area contributed by atoms with Gasteiger partial charge in [-0.05, 0) is 68.6 Å². The molecule has 0 aliphatic heterocycles. The van der Waals surface area contributed by atoms with Gasteiger partial charge in [-0.25, -0.2) is 4.39 Å². The van der Waals surface area contributed by atoms with Crippen molar-refractivity contribution in [3.05, 3.63) is 29.0 Å². The van der Waals surface area contributed by atoms with Crippen LogP contribution in [0.15, 0.2) is 18.2 Å². The number of carbonyl (C=O) groups excluding carboxylic acids is 2. The van der Waals surface area contributed by atoms with E-state index in [0.717, 1.165) is 38.2 Å². The molecule has 4 aliphatic rings. The molecule has 26 heavy (non-hydrogen) atoms. The number of halogens is 2. The molecular formula is C19H21ClFNO4. The Morgan fingerprint density at radius 1 is 1.27 bits per heavy atom. The molecule has 4 aliphatic carbocycles. The third kappa shape index (κ3) is 3.21. The monoisotopic (exact) mass is 381 g/mol. The summed E-state index contributed by atoms with van der Waals surface area (Å²) >= 11 is 5.87. The van der Waals surface area contributed by atoms with Crippen LogP contribution in [-0.4, -0.2) is 29.2 Å². The normalized spacial score (nSPS) is 34.6. The first-order valence-corrected chi connectivity index (χ1v) is 9.29. The van der Waals surface area contributed by atoms with E-state index in [1.807, 2.05) is 0 Å². The Labute approximate surface area is 155 Å². The van der Waals surface area contributed by atoms with Crippen LogP contribution in [0.25, 0.3) is 0 Å². The highest BCUT2D eigenvalue weighted by atomic mass is 35.5. The number of aliphatic hydroxyl groups is 1. The molecule has 1 amide bonds. The predicted octanol–water partition coefficient (Wildman–Crippen LogP) is 3.29. The molecule has 2 unspecified atom stereocenters. The molecule has 0 aromatic heterocycles. The van der Waals surface area contributed by atoms with Gasteiger partial charge in [0.1, 0.15) is 5.82 Å². The van der Waals surface area contributed by atoms with Crippen molar-refractivity contribution in [1.29, 1.82) is 0 Å². The van der Waals surface area contributed by atoms with Gasteiger partial charge in [0.2, 0.25) is 0 Å². The van der Waals surface area contributed by atoms with E-state index in [4.69, 9.17) is 16.3 Å². The first kappa shape index (κ1) is 17.7. The Morgan fingerprint density at radius 3 is 2.58 bits per heavy atom. The summed E-state index contributed by atoms with van der Waals surface area (Å²) < 4.78 is 18.3. The van der Waals surface area contributed by atoms with Crippen molar-refractivity contribution in [1.82, 2.24) is 0 Å². The highest BCUT2D eigenvalue weighted by Gasteiger charge is 2.60. The minimum Gasteiger partial charge on any atom is -0.455 e. The molecule has 4 fully saturated rings. The lowest BCUT2D eigenvalue weighted by Crippen LogP contribution is -2.58. The minimum atomic E-state index is -0.757. The third-order valence-corrected chi connectivity index (χ3v) is 6.32. The number of anilines is 1. The van der Waals surface area contributed by atoms with E-state index < -0.39 is 35.3 Å². The quantitative estimate of drug-likeness (QED) is 0.785. The maximum Gasteiger partial charge on any atom is 0.312 e. The van der Waals surface area contributed by atoms with Crippen LogP contribution in [0.2, 0.25) is 5.02 Å². The average molecular weight is 382 g/mol. The molecule has 4 bridgehead atoms. The smallest absolute Gasteiger partial charge is 0.312 e. The van der Waals surface area contributed by atoms with Gasteiger partial charge in [-0.15, -0.1) is 0 Å². The van der Waals surface area contributed by atoms with Crippen LogP contribution in [-0.2, 0) is 14.3 Å². The van der Waals surface area contributed by atoms with Gasteiger partial charge in [0, 0.05) is 0 Å². The molecule has 1 aromatic rings. The van der Waals surface area contributed by atoms with Gasteiger partial charge >= 0.3 is 5.97 Å². The summed E-state index contributed by atoms with van der Waals surface area (Å²) in [7, 11) is 0. The number of hydrogen-bond donors (Lipinski definition) is 2. The standard InChI is InChI=1S/C19H21ClFNO4/c20-14-4-13(21)1-2-15(14)22-16(23)9-26-17(24)18-5-11-3-12(6-18)8-19(25,7-11)10-18/h1-2,4,11-12,25H,3,5-10H2,(H,22,23). The van der Waals surface area contributed by atoms with E-state index in [2.05, 4.69) is 5.32 Å². The van der Waals surface area contributed by atoms with Crippen molar-refractivity contribution in [3.63, 3.8) is 0 Å². The first-order chi connectivity index (χ1) is 12.3. The van der Waals surface area contributed by atoms with Crippen LogP contribution in [0.4, 0.5) is 10.1 Å². The third-order valence-electron chi connectivity index (χ3n) is 6.00. The SMILES string of the molecule is O=C(COC(=O)C12CC3CC(CC(O)(C3)C1)C2)Nc1ccc(F)cc1Cl. The van der Waals surface area contributed by atoms with Crippen molar-refractivity contribution in [2.45, 2.75) is 44.1 Å². The summed E-state index contributed by atoms with van der Waals surface area (Å²) in [5.74, 6) is -0.707. The summed E-state index contributed by atoms with van der Waals surface area (Å²) in [4.78, 5) is 24.8. The van der Waals surface area contributed by atoms with Gasteiger partial charge < -0.3 is 15.2 Å². The van der Waals surface area contributed by atoms with Gasteiger partial charge in [-0.1, -0.05) is 11.6 Å². The minimum absolute atomic E-state index is 0.0768. The Morgan fingerprint density at radius 2 is 1.96 bits per heavy atom. The second-order valence-corrected chi connectivity index (χ2v) is 8.62. The molecule has 0 spiro atoms. The average Bonchev–Trinajstić information content (AvgIpc) is 2.53. The van der Waals surface area contributed by atoms with Gasteiger partial charge in [-0.2, -0.15) is 0 Å². The van der Waals surface area contributed by atoms with Gasteiger partial charge in [-0.3, -0.25) is 9.59 Å². The van der Waals surface area contributed by atoms with Crippen molar-refractivity contribution < 1.29 is 23.8 Å². The number of rotatable bonds is 4. The number of benzene rings is 1. The number of amides is 1. The zero-order valence-electron chi connectivity index (χ0n) is 14.3. The highest BCUT2D eigenvalue weighted by molar-refractivity contribution is 6.33. The summed E-state index contributed by atoms with van der Waals surface area (Å²) in [6.45, 7) is -0.429. The maximum absolute atomic E-state index is 13.0. The molecule has 1 aromatic carbocycles. The predicted molar refractivity (Wildman–Crippen MR) is 93.1 cm³/mol. The summed E-state index contributed by atoms with van der Waals surface area (Å²) in [6.07, 6.45) is 4.49. The molecule has 140 valence electrons. The number of esters is 1. The van der Waals surface area contributed by atoms with Gasteiger partial charge in [0.25, 0.3) is 5.91 Å². The van der Waals surface area contributed by atoms with Crippen molar-refractivity contribution >= 4 is 29.2 Å². The lowest BCUT2D eigenvalue weighted by molar-refractivity contribution is -0.196. The molecule has 0 saturated heterocycles. The summed E-state index contributed by atoms with van der Waals surface area (Å²) in [5, 5.41) is 13.3. The largest absolute Gasteiger partial charge is 0.455 e. The van der Waals surface area contributed by atoms with Crippen LogP contribution >= 0.6 is 11.6 Å². The number of carbonyl (C=O) groups is 2. The maximum atomic E-state index is 13.0. The molecule has 2 N–H and O–H groups in total. The lowest BCUT2D eigenvalue weighted by Gasteiger charge is -2.58. The van der Waals surface area contributed by atoms with Crippen LogP contribution in [0.1, 0.15) is 38.5 Å². The topological polar surface area (TPSA) is 75.6 Å². The molecule has 4 saturated carbocycles. The molecular weight excluding hydrogens is 361 g/mol. The van der Waals surface area contributed by atoms with E-state index in [0.29, 0.717) is 18.3 Å². The Balaban J connectivity index is 1.37. The Hall–Kier alpha value is -1.66. The van der Waals surface area contributed by atoms with Crippen molar-refractivity contribution in [2.75, 3.05) is 11.9 Å². The molecule has 5 nitrogen and oxygen atoms in total. The fourth-order valence-electron chi connectivity index (χ4n) is 5.51. The van der Waals surface area contributed by atoms with Crippen LogP contribution in [0.3, 0.4) is 0 Å². The van der Waals surface area contributed by atoms with Crippen LogP contribution in [0, 0.1) is 23.1 Å². The van der Waals surface area contributed by atoms with E-state index in [-0.39, 0.29) is 10.7 Å². The highest BCUT2D eigenvalue weighted by Crippen LogP contribution is 2.61. The number of hydrogen-bond acceptors (Lipinski definition) is 4. The lowest BCUT2D eigenvalue weighted by atomic mass is 9.48. The van der Waals surface area contributed by atoms with Crippen LogP contribution < -0.4 is 5.32 Å². The molecule has 2 atom stereocenters. The van der Waals surface area contributed by atoms with E-state index in [9.17, 15) is 19.1 Å². The summed E-state index contributed by atoms with van der Waals surface area (Å²) in [5.41, 5.74) is -1.15. The molecule has 7 heteroatoms. The zero-order chi connectivity index (χ0) is 18.5. The van der Waals surface area contributed by atoms with E-state index >= 15 is 0 Å². The van der Waals surface area contributed by atoms with Gasteiger partial charge in [0.05, 0.1) is 21.7 Å². The fraction of sp³-hybridized carbons (Fsp3) is 0.579. The van der Waals surface area contributed by atoms with E-state index in [1.54, 1.807) is 0 Å². The first-order valence-electron chi connectivity index (χ1n) is 8.92. The zero-order valence-corrected chi connectivity index (χ0v) is 15.0. The van der Waals surface area contributed by atoms with Crippen molar-refractivity contribution in [3.8, 4) is 0 Å². The summed E-state index contributed by atoms with van der Waals surface area (Å²) in [6, 6.07) is 3.63. The molecule has 5 rings (SSSR count).